The Bertz CT molecular complexity index is 822. The van der Waals surface area contributed by atoms with Crippen LogP contribution in [0.3, 0.4) is 0 Å². The smallest absolute Gasteiger partial charge is 0.241 e. The average molecular weight is 337 g/mol. The Morgan fingerprint density at radius 1 is 0.880 bits per heavy atom. The zero-order valence-electron chi connectivity index (χ0n) is 15.3. The topological polar surface area (TPSA) is 51.4 Å². The van der Waals surface area contributed by atoms with Gasteiger partial charge in [-0.2, -0.15) is 4.98 Å². The molecule has 130 valence electrons. The first kappa shape index (κ1) is 17.2. The molecular weight excluding hydrogens is 314 g/mol. The van der Waals surface area contributed by atoms with Crippen molar-refractivity contribution in [3.8, 4) is 11.5 Å². The molecule has 0 atom stereocenters. The number of hydrogen-bond donors (Lipinski definition) is 0. The van der Waals surface area contributed by atoms with Gasteiger partial charge in [0.05, 0.1) is 0 Å². The predicted molar refractivity (Wildman–Crippen MR) is 97.2 cm³/mol. The predicted octanol–water partition coefficient (Wildman–Crippen LogP) is 4.02. The first-order chi connectivity index (χ1) is 11.9. The van der Waals surface area contributed by atoms with Crippen molar-refractivity contribution in [2.75, 3.05) is 21.1 Å². The van der Waals surface area contributed by atoms with E-state index < -0.39 is 5.41 Å². The second-order valence-electron chi connectivity index (χ2n) is 6.71. The first-order valence-corrected chi connectivity index (χ1v) is 8.21. The Labute approximate surface area is 148 Å². The number of hydrogen-bond acceptors (Lipinski definition) is 5. The normalized spacial score (nSPS) is 14.0. The highest BCUT2D eigenvalue weighted by Crippen LogP contribution is 2.50. The lowest BCUT2D eigenvalue weighted by Crippen LogP contribution is -2.29. The first-order valence-electron chi connectivity index (χ1n) is 8.21. The molecule has 1 aliphatic rings. The van der Waals surface area contributed by atoms with E-state index in [1.807, 2.05) is 81.5 Å². The number of aromatic nitrogens is 2. The Morgan fingerprint density at radius 2 is 1.36 bits per heavy atom. The van der Waals surface area contributed by atoms with E-state index in [4.69, 9.17) is 9.26 Å². The number of para-hydroxylation sites is 2. The van der Waals surface area contributed by atoms with E-state index in [9.17, 15) is 0 Å². The standard InChI is InChI=1S/C17H14N2O2.C3H9N/c1-11-18-16(21-19-11)17(2)12-7-3-5-9-14(12)20-15-10-6-4-8-13(15)17;1-4(2)3/h3-10H,1-2H3;1-3H3. The van der Waals surface area contributed by atoms with Crippen molar-refractivity contribution in [3.05, 3.63) is 71.4 Å². The molecule has 0 amide bonds. The molecule has 0 saturated carbocycles. The summed E-state index contributed by atoms with van der Waals surface area (Å²) in [4.78, 5) is 6.47. The number of rotatable bonds is 1. The maximum Gasteiger partial charge on any atom is 0.241 e. The van der Waals surface area contributed by atoms with Gasteiger partial charge in [0, 0.05) is 11.1 Å². The third kappa shape index (κ3) is 3.15. The van der Waals surface area contributed by atoms with Crippen molar-refractivity contribution in [2.45, 2.75) is 19.3 Å². The maximum absolute atomic E-state index is 6.01. The molecule has 0 aliphatic carbocycles. The molecule has 0 unspecified atom stereocenters. The van der Waals surface area contributed by atoms with Crippen LogP contribution in [0.25, 0.3) is 0 Å². The van der Waals surface area contributed by atoms with Crippen LogP contribution in [0.15, 0.2) is 53.1 Å². The Hall–Kier alpha value is -2.66. The van der Waals surface area contributed by atoms with E-state index >= 15 is 0 Å². The fourth-order valence-electron chi connectivity index (χ4n) is 2.93. The van der Waals surface area contributed by atoms with E-state index in [0.29, 0.717) is 11.7 Å². The summed E-state index contributed by atoms with van der Waals surface area (Å²) in [6, 6.07) is 15.9. The van der Waals surface area contributed by atoms with E-state index in [2.05, 4.69) is 17.1 Å². The summed E-state index contributed by atoms with van der Waals surface area (Å²) in [5.74, 6) is 2.87. The summed E-state index contributed by atoms with van der Waals surface area (Å²) < 4.78 is 11.5. The summed E-state index contributed by atoms with van der Waals surface area (Å²) in [5, 5.41) is 3.96. The van der Waals surface area contributed by atoms with Crippen molar-refractivity contribution in [1.29, 1.82) is 0 Å². The van der Waals surface area contributed by atoms with E-state index in [1.54, 1.807) is 0 Å². The molecule has 5 nitrogen and oxygen atoms in total. The fraction of sp³-hybridized carbons (Fsp3) is 0.300. The summed E-state index contributed by atoms with van der Waals surface area (Å²) in [6.45, 7) is 3.92. The van der Waals surface area contributed by atoms with Crippen LogP contribution in [0.2, 0.25) is 0 Å². The van der Waals surface area contributed by atoms with Gasteiger partial charge in [-0.15, -0.1) is 0 Å². The third-order valence-corrected chi connectivity index (χ3v) is 4.03. The minimum absolute atomic E-state index is 0.507. The molecule has 4 rings (SSSR count). The van der Waals surface area contributed by atoms with Gasteiger partial charge in [-0.1, -0.05) is 41.6 Å². The SMILES string of the molecule is CN(C)C.Cc1noc(C2(C)c3ccccc3Oc3ccccc32)n1. The van der Waals surface area contributed by atoms with Crippen molar-refractivity contribution < 1.29 is 9.26 Å². The second kappa shape index (κ2) is 6.69. The molecule has 3 aromatic rings. The quantitative estimate of drug-likeness (QED) is 0.671. The van der Waals surface area contributed by atoms with Gasteiger partial charge in [-0.05, 0) is 47.1 Å². The molecule has 1 aliphatic heterocycles. The van der Waals surface area contributed by atoms with Gasteiger partial charge in [0.25, 0.3) is 0 Å². The van der Waals surface area contributed by atoms with Crippen LogP contribution in [0, 0.1) is 6.92 Å². The molecule has 0 spiro atoms. The van der Waals surface area contributed by atoms with Gasteiger partial charge in [0.1, 0.15) is 16.9 Å². The highest BCUT2D eigenvalue weighted by Gasteiger charge is 2.43. The van der Waals surface area contributed by atoms with Crippen molar-refractivity contribution in [1.82, 2.24) is 15.0 Å². The second-order valence-corrected chi connectivity index (χ2v) is 6.71. The zero-order valence-corrected chi connectivity index (χ0v) is 15.3. The van der Waals surface area contributed by atoms with E-state index in [1.165, 1.54) is 0 Å². The van der Waals surface area contributed by atoms with Crippen LogP contribution >= 0.6 is 0 Å². The fourth-order valence-corrected chi connectivity index (χ4v) is 2.93. The lowest BCUT2D eigenvalue weighted by molar-refractivity contribution is 0.323. The monoisotopic (exact) mass is 337 g/mol. The molecule has 1 aromatic heterocycles. The number of fused-ring (bicyclic) bond motifs is 2. The maximum atomic E-state index is 6.01. The summed E-state index contributed by atoms with van der Waals surface area (Å²) in [6.07, 6.45) is 0. The largest absolute Gasteiger partial charge is 0.457 e. The Morgan fingerprint density at radius 3 is 1.80 bits per heavy atom. The highest BCUT2D eigenvalue weighted by atomic mass is 16.5. The van der Waals surface area contributed by atoms with Gasteiger partial charge < -0.3 is 14.2 Å². The van der Waals surface area contributed by atoms with Crippen LogP contribution in [0.5, 0.6) is 11.5 Å². The van der Waals surface area contributed by atoms with E-state index in [0.717, 1.165) is 22.6 Å². The Kier molecular flexibility index (Phi) is 4.59. The summed E-state index contributed by atoms with van der Waals surface area (Å²) in [7, 11) is 6.00. The highest BCUT2D eigenvalue weighted by molar-refractivity contribution is 5.60. The van der Waals surface area contributed by atoms with Gasteiger partial charge in [0.15, 0.2) is 5.82 Å². The number of benzene rings is 2. The minimum atomic E-state index is -0.507. The minimum Gasteiger partial charge on any atom is -0.457 e. The van der Waals surface area contributed by atoms with Crippen molar-refractivity contribution >= 4 is 0 Å². The van der Waals surface area contributed by atoms with Crippen molar-refractivity contribution in [3.63, 3.8) is 0 Å². The third-order valence-electron chi connectivity index (χ3n) is 4.03. The Balaban J connectivity index is 0.000000415. The summed E-state index contributed by atoms with van der Waals surface area (Å²) >= 11 is 0. The molecule has 2 aromatic carbocycles. The van der Waals surface area contributed by atoms with Crippen molar-refractivity contribution in [2.24, 2.45) is 0 Å². The molecule has 0 N–H and O–H groups in total. The van der Waals surface area contributed by atoms with E-state index in [-0.39, 0.29) is 0 Å². The molecule has 0 saturated heterocycles. The lowest BCUT2D eigenvalue weighted by atomic mass is 9.74. The molecule has 0 fully saturated rings. The zero-order chi connectivity index (χ0) is 18.0. The molecule has 25 heavy (non-hydrogen) atoms. The molecule has 0 bridgehead atoms. The number of aryl methyl sites for hydroxylation is 1. The number of ether oxygens (including phenoxy) is 1. The molecular formula is C20H23N3O2. The van der Waals surface area contributed by atoms with Crippen LogP contribution < -0.4 is 4.74 Å². The van der Waals surface area contributed by atoms with Crippen LogP contribution in [0.4, 0.5) is 0 Å². The molecule has 5 heteroatoms. The van der Waals surface area contributed by atoms with Gasteiger partial charge in [0.2, 0.25) is 5.89 Å². The van der Waals surface area contributed by atoms with Gasteiger partial charge in [-0.25, -0.2) is 0 Å². The van der Waals surface area contributed by atoms with Crippen LogP contribution in [-0.2, 0) is 5.41 Å². The summed E-state index contributed by atoms with van der Waals surface area (Å²) in [5.41, 5.74) is 1.56. The number of nitrogens with zero attached hydrogens (tertiary/aromatic N) is 3. The molecule has 2 heterocycles. The van der Waals surface area contributed by atoms with Gasteiger partial charge >= 0.3 is 0 Å². The van der Waals surface area contributed by atoms with Gasteiger partial charge in [-0.3, -0.25) is 0 Å². The lowest BCUT2D eigenvalue weighted by Gasteiger charge is -2.34. The van der Waals surface area contributed by atoms with Crippen LogP contribution in [0.1, 0.15) is 29.8 Å². The van der Waals surface area contributed by atoms with Crippen LogP contribution in [-0.4, -0.2) is 36.2 Å². The average Bonchev–Trinajstić information content (AvgIpc) is 3.02. The molecule has 0 radical (unpaired) electrons.